The molecule has 1 fully saturated rings. The number of rotatable bonds is 3. The third kappa shape index (κ3) is 3.10. The molecule has 3 aromatic rings. The van der Waals surface area contributed by atoms with Crippen LogP contribution in [-0.4, -0.2) is 44.4 Å². The van der Waals surface area contributed by atoms with Gasteiger partial charge in [-0.2, -0.15) is 4.39 Å². The van der Waals surface area contributed by atoms with Crippen molar-refractivity contribution in [3.05, 3.63) is 54.1 Å². The van der Waals surface area contributed by atoms with Gasteiger partial charge in [-0.15, -0.1) is 0 Å². The summed E-state index contributed by atoms with van der Waals surface area (Å²) in [6, 6.07) is 3.43. The molecule has 3 aromatic heterocycles. The predicted octanol–water partition coefficient (Wildman–Crippen LogP) is 1.97. The molecule has 1 atom stereocenters. The highest BCUT2D eigenvalue weighted by Gasteiger charge is 2.26. The van der Waals surface area contributed by atoms with Crippen molar-refractivity contribution in [3.63, 3.8) is 0 Å². The largest absolute Gasteiger partial charge is 0.353 e. The van der Waals surface area contributed by atoms with Gasteiger partial charge in [0.15, 0.2) is 5.69 Å². The molecule has 0 saturated carbocycles. The first-order valence-corrected chi connectivity index (χ1v) is 8.58. The second kappa shape index (κ2) is 6.70. The molecule has 1 aliphatic heterocycles. The van der Waals surface area contributed by atoms with Crippen LogP contribution in [0.3, 0.4) is 0 Å². The predicted molar refractivity (Wildman–Crippen MR) is 94.6 cm³/mol. The summed E-state index contributed by atoms with van der Waals surface area (Å²) in [6.45, 7) is 3.36. The lowest BCUT2D eigenvalue weighted by atomic mass is 10.1. The van der Waals surface area contributed by atoms with Crippen LogP contribution in [-0.2, 0) is 0 Å². The monoisotopic (exact) mass is 354 g/mol. The molecule has 0 aliphatic carbocycles. The van der Waals surface area contributed by atoms with Gasteiger partial charge in [0.25, 0.3) is 5.91 Å². The Morgan fingerprint density at radius 1 is 1.38 bits per heavy atom. The molecule has 8 heteroatoms. The Morgan fingerprint density at radius 3 is 3.08 bits per heavy atom. The molecule has 0 bridgehead atoms. The van der Waals surface area contributed by atoms with Gasteiger partial charge in [-0.3, -0.25) is 14.2 Å². The van der Waals surface area contributed by atoms with E-state index in [0.29, 0.717) is 12.2 Å². The smallest absolute Gasteiger partial charge is 0.274 e. The summed E-state index contributed by atoms with van der Waals surface area (Å²) in [5.74, 6) is -0.352. The van der Waals surface area contributed by atoms with Crippen molar-refractivity contribution in [1.29, 1.82) is 0 Å². The molecule has 26 heavy (non-hydrogen) atoms. The number of amides is 1. The molecule has 1 saturated heterocycles. The average Bonchev–Trinajstić information content (AvgIpc) is 2.98. The van der Waals surface area contributed by atoms with Crippen LogP contribution in [0, 0.1) is 12.9 Å². The first-order valence-electron chi connectivity index (χ1n) is 8.58. The van der Waals surface area contributed by atoms with Gasteiger partial charge in [0.2, 0.25) is 5.95 Å². The van der Waals surface area contributed by atoms with E-state index in [-0.39, 0.29) is 11.7 Å². The zero-order chi connectivity index (χ0) is 18.1. The van der Waals surface area contributed by atoms with Gasteiger partial charge in [-0.25, -0.2) is 9.97 Å². The number of carbonyl (C=O) groups is 1. The summed E-state index contributed by atoms with van der Waals surface area (Å²) in [5, 5.41) is 2.91. The van der Waals surface area contributed by atoms with Crippen molar-refractivity contribution in [2.45, 2.75) is 25.8 Å². The van der Waals surface area contributed by atoms with Crippen molar-refractivity contribution < 1.29 is 9.18 Å². The number of halogens is 1. The van der Waals surface area contributed by atoms with Crippen LogP contribution >= 0.6 is 0 Å². The van der Waals surface area contributed by atoms with E-state index < -0.39 is 11.9 Å². The van der Waals surface area contributed by atoms with Crippen LogP contribution in [0.1, 0.15) is 28.9 Å². The molecule has 134 valence electrons. The summed E-state index contributed by atoms with van der Waals surface area (Å²) < 4.78 is 15.8. The first-order chi connectivity index (χ1) is 12.6. The molecule has 0 aromatic carbocycles. The van der Waals surface area contributed by atoms with E-state index >= 15 is 0 Å². The average molecular weight is 354 g/mol. The van der Waals surface area contributed by atoms with Gasteiger partial charge in [-0.1, -0.05) is 0 Å². The van der Waals surface area contributed by atoms with Gasteiger partial charge >= 0.3 is 0 Å². The third-order valence-corrected chi connectivity index (χ3v) is 4.57. The number of hydrogen-bond donors (Lipinski definition) is 1. The number of aryl methyl sites for hydroxylation is 1. The molecular formula is C18H19FN6O. The fourth-order valence-corrected chi connectivity index (χ4v) is 3.27. The summed E-state index contributed by atoms with van der Waals surface area (Å²) in [5.41, 5.74) is 1.21. The maximum atomic E-state index is 14.5. The van der Waals surface area contributed by atoms with Crippen LogP contribution in [0.4, 0.5) is 10.2 Å². The van der Waals surface area contributed by atoms with Crippen LogP contribution in [0.15, 0.2) is 36.9 Å². The minimum atomic E-state index is -0.640. The third-order valence-electron chi connectivity index (χ3n) is 4.57. The van der Waals surface area contributed by atoms with Gasteiger partial charge in [0, 0.05) is 37.7 Å². The molecule has 4 heterocycles. The normalized spacial score (nSPS) is 17.5. The Morgan fingerprint density at radius 2 is 2.27 bits per heavy atom. The number of nitrogens with one attached hydrogen (secondary N) is 1. The molecule has 1 aliphatic rings. The number of fused-ring (bicyclic) bond motifs is 1. The van der Waals surface area contributed by atoms with Crippen molar-refractivity contribution in [1.82, 2.24) is 24.7 Å². The van der Waals surface area contributed by atoms with Gasteiger partial charge in [0.1, 0.15) is 11.5 Å². The minimum absolute atomic E-state index is 0.0933. The molecule has 0 spiro atoms. The van der Waals surface area contributed by atoms with E-state index in [1.807, 2.05) is 6.92 Å². The quantitative estimate of drug-likeness (QED) is 0.778. The van der Waals surface area contributed by atoms with Crippen LogP contribution in [0.5, 0.6) is 0 Å². The molecule has 0 radical (unpaired) electrons. The topological polar surface area (TPSA) is 75.4 Å². The van der Waals surface area contributed by atoms with E-state index in [1.54, 1.807) is 36.9 Å². The van der Waals surface area contributed by atoms with Gasteiger partial charge in [0.05, 0.1) is 6.20 Å². The first kappa shape index (κ1) is 16.4. The van der Waals surface area contributed by atoms with Gasteiger partial charge < -0.3 is 10.2 Å². The number of nitrogens with zero attached hydrogens (tertiary/aromatic N) is 5. The Bertz CT molecular complexity index is 942. The minimum Gasteiger partial charge on any atom is -0.353 e. The standard InChI is InChI=1S/C18H19FN6O/c1-12-4-8-25-14(9-12)23-16(17(25)19)18(26)22-13-3-2-7-24(11-13)15-10-20-5-6-21-15/h4-6,8-10,13H,2-3,7,11H2,1H3,(H,22,26)/t13-/m1/s1. The zero-order valence-corrected chi connectivity index (χ0v) is 14.4. The van der Waals surface area contributed by atoms with Gasteiger partial charge in [-0.05, 0) is 37.5 Å². The van der Waals surface area contributed by atoms with Crippen molar-refractivity contribution in [2.24, 2.45) is 0 Å². The molecular weight excluding hydrogens is 335 g/mol. The second-order valence-corrected chi connectivity index (χ2v) is 6.51. The lowest BCUT2D eigenvalue weighted by molar-refractivity contribution is 0.0924. The van der Waals surface area contributed by atoms with E-state index in [9.17, 15) is 9.18 Å². The van der Waals surface area contributed by atoms with Crippen molar-refractivity contribution in [2.75, 3.05) is 18.0 Å². The maximum Gasteiger partial charge on any atom is 0.274 e. The summed E-state index contributed by atoms with van der Waals surface area (Å²) in [4.78, 5) is 27.2. The molecule has 4 rings (SSSR count). The number of hydrogen-bond acceptors (Lipinski definition) is 5. The highest BCUT2D eigenvalue weighted by molar-refractivity contribution is 5.93. The summed E-state index contributed by atoms with van der Waals surface area (Å²) >= 11 is 0. The number of carbonyl (C=O) groups excluding carboxylic acids is 1. The van der Waals surface area contributed by atoms with Crippen LogP contribution in [0.2, 0.25) is 0 Å². The SMILES string of the molecule is Cc1ccn2c(F)c(C(=O)N[C@@H]3CCCN(c4cnccn4)C3)nc2c1. The maximum absolute atomic E-state index is 14.5. The molecule has 0 unspecified atom stereocenters. The highest BCUT2D eigenvalue weighted by atomic mass is 19.1. The fraction of sp³-hybridized carbons (Fsp3) is 0.333. The number of aromatic nitrogens is 4. The number of anilines is 1. The summed E-state index contributed by atoms with van der Waals surface area (Å²) in [6.07, 6.45) is 8.30. The zero-order valence-electron chi connectivity index (χ0n) is 14.4. The van der Waals surface area contributed by atoms with Crippen molar-refractivity contribution >= 4 is 17.4 Å². The Kier molecular flexibility index (Phi) is 4.24. The summed E-state index contributed by atoms with van der Waals surface area (Å²) in [7, 11) is 0. The number of piperidine rings is 1. The number of pyridine rings is 1. The second-order valence-electron chi connectivity index (χ2n) is 6.51. The number of imidazole rings is 1. The Balaban J connectivity index is 1.50. The fourth-order valence-electron chi connectivity index (χ4n) is 3.27. The van der Waals surface area contributed by atoms with Crippen LogP contribution in [0.25, 0.3) is 5.65 Å². The van der Waals surface area contributed by atoms with Crippen molar-refractivity contribution in [3.8, 4) is 0 Å². The lowest BCUT2D eigenvalue weighted by Crippen LogP contribution is -2.48. The van der Waals surface area contributed by atoms with E-state index in [0.717, 1.165) is 30.8 Å². The van der Waals surface area contributed by atoms with E-state index in [1.165, 1.54) is 4.40 Å². The Hall–Kier alpha value is -3.03. The molecule has 1 amide bonds. The lowest BCUT2D eigenvalue weighted by Gasteiger charge is -2.33. The highest BCUT2D eigenvalue weighted by Crippen LogP contribution is 2.18. The van der Waals surface area contributed by atoms with E-state index in [4.69, 9.17) is 0 Å². The van der Waals surface area contributed by atoms with Crippen LogP contribution < -0.4 is 10.2 Å². The van der Waals surface area contributed by atoms with E-state index in [2.05, 4.69) is 25.2 Å². The molecule has 1 N–H and O–H groups in total. The molecule has 7 nitrogen and oxygen atoms in total. The Labute approximate surface area is 149 Å².